The fourth-order valence-electron chi connectivity index (χ4n) is 3.81. The van der Waals surface area contributed by atoms with Crippen molar-refractivity contribution in [3.63, 3.8) is 0 Å². The minimum Gasteiger partial charge on any atom is -0.478 e. The molecule has 2 aliphatic rings. The largest absolute Gasteiger partial charge is 0.478 e. The predicted octanol–water partition coefficient (Wildman–Crippen LogP) is 3.85. The number of carboxylic acids is 1. The summed E-state index contributed by atoms with van der Waals surface area (Å²) in [6.07, 6.45) is 8.19. The monoisotopic (exact) mass is 273 g/mol. The van der Waals surface area contributed by atoms with Crippen LogP contribution in [0.5, 0.6) is 0 Å². The third kappa shape index (κ3) is 2.41. The molecule has 0 unspecified atom stereocenters. The molecule has 3 heteroatoms. The number of rotatable bonds is 2. The topological polar surface area (TPSA) is 40.5 Å². The molecule has 1 aliphatic carbocycles. The van der Waals surface area contributed by atoms with E-state index in [-0.39, 0.29) is 0 Å². The summed E-state index contributed by atoms with van der Waals surface area (Å²) in [5, 5.41) is 9.13. The van der Waals surface area contributed by atoms with Crippen LogP contribution >= 0.6 is 0 Å². The quantitative estimate of drug-likeness (QED) is 0.889. The van der Waals surface area contributed by atoms with Crippen LogP contribution in [0, 0.1) is 12.3 Å². The first kappa shape index (κ1) is 13.5. The van der Waals surface area contributed by atoms with Crippen molar-refractivity contribution in [2.75, 3.05) is 18.0 Å². The lowest BCUT2D eigenvalue weighted by atomic mass is 9.73. The van der Waals surface area contributed by atoms with Crippen LogP contribution in [0.3, 0.4) is 0 Å². The van der Waals surface area contributed by atoms with Gasteiger partial charge in [-0.15, -0.1) is 0 Å². The van der Waals surface area contributed by atoms with Crippen molar-refractivity contribution in [1.29, 1.82) is 0 Å². The SMILES string of the molecule is Cc1ccc(C(=O)O)cc1N1CC2(CCCCCC2)C1. The summed E-state index contributed by atoms with van der Waals surface area (Å²) in [4.78, 5) is 13.5. The molecular weight excluding hydrogens is 250 g/mol. The van der Waals surface area contributed by atoms with E-state index in [1.165, 1.54) is 44.1 Å². The van der Waals surface area contributed by atoms with Crippen molar-refractivity contribution in [3.05, 3.63) is 29.3 Å². The summed E-state index contributed by atoms with van der Waals surface area (Å²) in [6, 6.07) is 5.46. The molecule has 0 amide bonds. The minimum absolute atomic E-state index is 0.396. The van der Waals surface area contributed by atoms with E-state index in [4.69, 9.17) is 5.11 Å². The second-order valence-electron chi connectivity index (χ2n) is 6.58. The van der Waals surface area contributed by atoms with E-state index in [1.54, 1.807) is 6.07 Å². The molecule has 1 heterocycles. The molecule has 1 saturated heterocycles. The van der Waals surface area contributed by atoms with Gasteiger partial charge in [0.15, 0.2) is 0 Å². The molecule has 1 aromatic carbocycles. The standard InChI is InChI=1S/C17H23NO2/c1-13-6-7-14(16(19)20)10-15(13)18-11-17(12-18)8-4-2-3-5-9-17/h6-7,10H,2-5,8-9,11-12H2,1H3,(H,19,20). The lowest BCUT2D eigenvalue weighted by Crippen LogP contribution is -2.56. The lowest BCUT2D eigenvalue weighted by Gasteiger charge is -2.52. The van der Waals surface area contributed by atoms with E-state index in [0.29, 0.717) is 11.0 Å². The third-order valence-corrected chi connectivity index (χ3v) is 5.01. The Kier molecular flexibility index (Phi) is 3.45. The average Bonchev–Trinajstić information content (AvgIpc) is 2.63. The van der Waals surface area contributed by atoms with Gasteiger partial charge in [0.1, 0.15) is 0 Å². The molecule has 3 nitrogen and oxygen atoms in total. The predicted molar refractivity (Wildman–Crippen MR) is 80.5 cm³/mol. The second-order valence-corrected chi connectivity index (χ2v) is 6.58. The maximum absolute atomic E-state index is 11.1. The van der Waals surface area contributed by atoms with Gasteiger partial charge in [-0.05, 0) is 37.5 Å². The molecule has 20 heavy (non-hydrogen) atoms. The van der Waals surface area contributed by atoms with Crippen LogP contribution in [0.15, 0.2) is 18.2 Å². The van der Waals surface area contributed by atoms with Gasteiger partial charge in [-0.1, -0.05) is 31.7 Å². The summed E-state index contributed by atoms with van der Waals surface area (Å²) >= 11 is 0. The Morgan fingerprint density at radius 1 is 1.15 bits per heavy atom. The molecular formula is C17H23NO2. The normalized spacial score (nSPS) is 21.4. The smallest absolute Gasteiger partial charge is 0.335 e. The van der Waals surface area contributed by atoms with Gasteiger partial charge in [0, 0.05) is 24.2 Å². The molecule has 108 valence electrons. The van der Waals surface area contributed by atoms with Gasteiger partial charge in [0.2, 0.25) is 0 Å². The molecule has 1 N–H and O–H groups in total. The zero-order valence-corrected chi connectivity index (χ0v) is 12.2. The Hall–Kier alpha value is -1.51. The molecule has 0 radical (unpaired) electrons. The summed E-state index contributed by atoms with van der Waals surface area (Å²) in [6.45, 7) is 4.28. The maximum Gasteiger partial charge on any atom is 0.335 e. The number of aryl methyl sites for hydroxylation is 1. The Morgan fingerprint density at radius 2 is 1.80 bits per heavy atom. The van der Waals surface area contributed by atoms with Crippen LogP contribution in [-0.2, 0) is 0 Å². The van der Waals surface area contributed by atoms with Gasteiger partial charge in [-0.3, -0.25) is 0 Å². The number of hydrogen-bond donors (Lipinski definition) is 1. The first-order valence-corrected chi connectivity index (χ1v) is 7.69. The van der Waals surface area contributed by atoms with E-state index in [9.17, 15) is 4.79 Å². The van der Waals surface area contributed by atoms with Gasteiger partial charge in [0.05, 0.1) is 5.56 Å². The van der Waals surface area contributed by atoms with Crippen molar-refractivity contribution in [2.24, 2.45) is 5.41 Å². The molecule has 0 atom stereocenters. The van der Waals surface area contributed by atoms with Crippen LogP contribution in [0.2, 0.25) is 0 Å². The molecule has 0 bridgehead atoms. The Bertz CT molecular complexity index is 508. The minimum atomic E-state index is -0.837. The first-order chi connectivity index (χ1) is 9.60. The van der Waals surface area contributed by atoms with Crippen molar-refractivity contribution in [3.8, 4) is 0 Å². The molecule has 1 spiro atoms. The summed E-state index contributed by atoms with van der Waals surface area (Å²) in [7, 11) is 0. The van der Waals surface area contributed by atoms with E-state index in [2.05, 4.69) is 11.8 Å². The number of anilines is 1. The molecule has 1 aliphatic heterocycles. The van der Waals surface area contributed by atoms with Gasteiger partial charge < -0.3 is 10.0 Å². The zero-order valence-electron chi connectivity index (χ0n) is 12.2. The van der Waals surface area contributed by atoms with Crippen LogP contribution < -0.4 is 4.90 Å². The number of benzene rings is 1. The first-order valence-electron chi connectivity index (χ1n) is 7.69. The van der Waals surface area contributed by atoms with Gasteiger partial charge >= 0.3 is 5.97 Å². The van der Waals surface area contributed by atoms with Gasteiger partial charge in [-0.25, -0.2) is 4.79 Å². The molecule has 3 rings (SSSR count). The second kappa shape index (κ2) is 5.12. The number of aromatic carboxylic acids is 1. The average molecular weight is 273 g/mol. The summed E-state index contributed by atoms with van der Waals surface area (Å²) < 4.78 is 0. The van der Waals surface area contributed by atoms with Crippen molar-refractivity contribution < 1.29 is 9.90 Å². The highest BCUT2D eigenvalue weighted by atomic mass is 16.4. The molecule has 1 aromatic rings. The van der Waals surface area contributed by atoms with Crippen molar-refractivity contribution in [1.82, 2.24) is 0 Å². The molecule has 0 aromatic heterocycles. The fraction of sp³-hybridized carbons (Fsp3) is 0.588. The fourth-order valence-corrected chi connectivity index (χ4v) is 3.81. The number of nitrogens with zero attached hydrogens (tertiary/aromatic N) is 1. The maximum atomic E-state index is 11.1. The number of carboxylic acid groups (broad SMARTS) is 1. The number of hydrogen-bond acceptors (Lipinski definition) is 2. The lowest BCUT2D eigenvalue weighted by molar-refractivity contribution is 0.0697. The third-order valence-electron chi connectivity index (χ3n) is 5.01. The summed E-state index contributed by atoms with van der Waals surface area (Å²) in [5.41, 5.74) is 3.20. The van der Waals surface area contributed by atoms with Crippen molar-refractivity contribution in [2.45, 2.75) is 45.4 Å². The van der Waals surface area contributed by atoms with E-state index < -0.39 is 5.97 Å². The Morgan fingerprint density at radius 3 is 2.40 bits per heavy atom. The highest BCUT2D eigenvalue weighted by Crippen LogP contribution is 2.45. The van der Waals surface area contributed by atoms with Crippen LogP contribution in [0.1, 0.15) is 54.4 Å². The van der Waals surface area contributed by atoms with E-state index in [1.807, 2.05) is 12.1 Å². The zero-order chi connectivity index (χ0) is 14.2. The van der Waals surface area contributed by atoms with Crippen LogP contribution in [0.4, 0.5) is 5.69 Å². The van der Waals surface area contributed by atoms with Crippen molar-refractivity contribution >= 4 is 11.7 Å². The van der Waals surface area contributed by atoms with E-state index in [0.717, 1.165) is 18.8 Å². The Balaban J connectivity index is 1.75. The number of carbonyl (C=O) groups is 1. The van der Waals surface area contributed by atoms with Gasteiger partial charge in [-0.2, -0.15) is 0 Å². The molecule has 1 saturated carbocycles. The van der Waals surface area contributed by atoms with Gasteiger partial charge in [0.25, 0.3) is 0 Å². The Labute approximate surface area is 120 Å². The highest BCUT2D eigenvalue weighted by Gasteiger charge is 2.42. The molecule has 2 fully saturated rings. The van der Waals surface area contributed by atoms with Crippen LogP contribution in [0.25, 0.3) is 0 Å². The van der Waals surface area contributed by atoms with Crippen LogP contribution in [-0.4, -0.2) is 24.2 Å². The van der Waals surface area contributed by atoms with E-state index >= 15 is 0 Å². The summed E-state index contributed by atoms with van der Waals surface area (Å²) in [5.74, 6) is -0.837. The highest BCUT2D eigenvalue weighted by molar-refractivity contribution is 5.89.